The molecular weight excluding hydrogens is 334 g/mol. The number of rotatable bonds is 6. The zero-order chi connectivity index (χ0) is 18.6. The average Bonchev–Trinajstić information content (AvgIpc) is 3.46. The molecule has 0 aromatic heterocycles. The van der Waals surface area contributed by atoms with Gasteiger partial charge in [-0.1, -0.05) is 19.3 Å². The number of methoxy groups -OCH3 is 1. The summed E-state index contributed by atoms with van der Waals surface area (Å²) in [7, 11) is 1.32. The summed E-state index contributed by atoms with van der Waals surface area (Å²) in [6.07, 6.45) is 6.50. The van der Waals surface area contributed by atoms with Crippen LogP contribution in [0.5, 0.6) is 5.75 Å². The van der Waals surface area contributed by atoms with Gasteiger partial charge >= 0.3 is 11.9 Å². The highest BCUT2D eigenvalue weighted by atomic mass is 16.5. The summed E-state index contributed by atoms with van der Waals surface area (Å²) in [5.41, 5.74) is -0.360. The Morgan fingerprint density at radius 3 is 2.31 bits per heavy atom. The maximum atomic E-state index is 12.9. The fraction of sp³-hybridized carbons (Fsp3) is 0.550. The first-order chi connectivity index (χ1) is 12.5. The Kier molecular flexibility index (Phi) is 5.59. The molecule has 2 fully saturated rings. The van der Waals surface area contributed by atoms with Crippen molar-refractivity contribution in [3.05, 3.63) is 29.8 Å². The van der Waals surface area contributed by atoms with Gasteiger partial charge in [0.25, 0.3) is 0 Å². The Bertz CT molecular complexity index is 672. The van der Waals surface area contributed by atoms with Crippen LogP contribution in [0.4, 0.5) is 0 Å². The topological polar surface area (TPSA) is 81.7 Å². The monoisotopic (exact) mass is 359 g/mol. The number of carbonyl (C=O) groups excluding carboxylic acids is 3. The van der Waals surface area contributed by atoms with Gasteiger partial charge in [-0.25, -0.2) is 4.79 Å². The maximum Gasteiger partial charge on any atom is 0.337 e. The molecule has 0 saturated heterocycles. The lowest BCUT2D eigenvalue weighted by Gasteiger charge is -2.34. The molecule has 0 heterocycles. The molecule has 6 heteroatoms. The summed E-state index contributed by atoms with van der Waals surface area (Å²) in [6.45, 7) is 0. The van der Waals surface area contributed by atoms with E-state index in [1.165, 1.54) is 7.11 Å². The molecule has 6 nitrogen and oxygen atoms in total. The molecule has 0 atom stereocenters. The lowest BCUT2D eigenvalue weighted by molar-refractivity contribution is -0.151. The summed E-state index contributed by atoms with van der Waals surface area (Å²) in [5, 5.41) is 2.97. The lowest BCUT2D eigenvalue weighted by Crippen LogP contribution is -2.42. The summed E-state index contributed by atoms with van der Waals surface area (Å²) in [6, 6.07) is 6.55. The van der Waals surface area contributed by atoms with E-state index in [-0.39, 0.29) is 24.3 Å². The van der Waals surface area contributed by atoms with Gasteiger partial charge in [0.15, 0.2) is 0 Å². The van der Waals surface area contributed by atoms with Crippen LogP contribution < -0.4 is 10.1 Å². The average molecular weight is 359 g/mol. The first-order valence-corrected chi connectivity index (χ1v) is 9.22. The minimum Gasteiger partial charge on any atom is -0.465 e. The molecule has 140 valence electrons. The number of amides is 1. The quantitative estimate of drug-likeness (QED) is 0.624. The second-order valence-corrected chi connectivity index (χ2v) is 7.27. The molecule has 0 radical (unpaired) electrons. The van der Waals surface area contributed by atoms with Crippen molar-refractivity contribution in [1.82, 2.24) is 5.32 Å². The van der Waals surface area contributed by atoms with Crippen LogP contribution in [0, 0.1) is 5.41 Å². The fourth-order valence-electron chi connectivity index (χ4n) is 3.49. The largest absolute Gasteiger partial charge is 0.465 e. The van der Waals surface area contributed by atoms with E-state index < -0.39 is 11.4 Å². The van der Waals surface area contributed by atoms with Gasteiger partial charge < -0.3 is 14.8 Å². The third kappa shape index (κ3) is 4.42. The molecule has 0 spiro atoms. The number of benzene rings is 1. The van der Waals surface area contributed by atoms with Gasteiger partial charge in [-0.05, 0) is 49.9 Å². The Hall–Kier alpha value is -2.37. The van der Waals surface area contributed by atoms with Crippen molar-refractivity contribution < 1.29 is 23.9 Å². The second kappa shape index (κ2) is 7.89. The van der Waals surface area contributed by atoms with E-state index in [1.807, 2.05) is 0 Å². The van der Waals surface area contributed by atoms with Gasteiger partial charge in [0.1, 0.15) is 5.75 Å². The molecular formula is C20H25NO5. The minimum absolute atomic E-state index is 0.0626. The van der Waals surface area contributed by atoms with Crippen LogP contribution in [-0.2, 0) is 14.3 Å². The van der Waals surface area contributed by atoms with E-state index in [4.69, 9.17) is 4.74 Å². The van der Waals surface area contributed by atoms with Crippen LogP contribution in [0.2, 0.25) is 0 Å². The van der Waals surface area contributed by atoms with Crippen LogP contribution in [0.3, 0.4) is 0 Å². The van der Waals surface area contributed by atoms with Crippen LogP contribution in [0.15, 0.2) is 24.3 Å². The third-order valence-electron chi connectivity index (χ3n) is 5.17. The molecule has 1 aromatic carbocycles. The second-order valence-electron chi connectivity index (χ2n) is 7.27. The Balaban J connectivity index is 1.68. The van der Waals surface area contributed by atoms with Gasteiger partial charge in [-0.15, -0.1) is 0 Å². The highest BCUT2D eigenvalue weighted by molar-refractivity contribution is 5.90. The highest BCUT2D eigenvalue weighted by Gasteiger charge is 2.43. The zero-order valence-electron chi connectivity index (χ0n) is 15.1. The van der Waals surface area contributed by atoms with E-state index >= 15 is 0 Å². The van der Waals surface area contributed by atoms with Crippen LogP contribution in [0.1, 0.15) is 61.7 Å². The molecule has 2 saturated carbocycles. The van der Waals surface area contributed by atoms with E-state index in [1.54, 1.807) is 24.3 Å². The summed E-state index contributed by atoms with van der Waals surface area (Å²) in [4.78, 5) is 36.7. The van der Waals surface area contributed by atoms with Crippen LogP contribution >= 0.6 is 0 Å². The van der Waals surface area contributed by atoms with E-state index in [0.717, 1.165) is 32.1 Å². The van der Waals surface area contributed by atoms with Gasteiger partial charge in [0.2, 0.25) is 5.91 Å². The van der Waals surface area contributed by atoms with Crippen molar-refractivity contribution in [2.45, 2.75) is 57.4 Å². The number of hydrogen-bond donors (Lipinski definition) is 1. The number of esters is 2. The molecule has 0 aliphatic heterocycles. The summed E-state index contributed by atoms with van der Waals surface area (Å²) in [5.74, 6) is -0.486. The third-order valence-corrected chi connectivity index (χ3v) is 5.17. The highest BCUT2D eigenvalue weighted by Crippen LogP contribution is 2.41. The molecule has 2 aliphatic rings. The van der Waals surface area contributed by atoms with Crippen molar-refractivity contribution in [1.29, 1.82) is 0 Å². The predicted molar refractivity (Wildman–Crippen MR) is 94.7 cm³/mol. The fourth-order valence-corrected chi connectivity index (χ4v) is 3.49. The van der Waals surface area contributed by atoms with Crippen LogP contribution in [-0.4, -0.2) is 31.0 Å². The van der Waals surface area contributed by atoms with Gasteiger partial charge in [0, 0.05) is 12.5 Å². The molecule has 1 aromatic rings. The minimum atomic E-state index is -0.752. The van der Waals surface area contributed by atoms with E-state index in [2.05, 4.69) is 10.1 Å². The van der Waals surface area contributed by atoms with Crippen molar-refractivity contribution in [2.24, 2.45) is 5.41 Å². The van der Waals surface area contributed by atoms with Crippen molar-refractivity contribution in [3.63, 3.8) is 0 Å². The Morgan fingerprint density at radius 2 is 1.73 bits per heavy atom. The van der Waals surface area contributed by atoms with Gasteiger partial charge in [-0.3, -0.25) is 9.59 Å². The van der Waals surface area contributed by atoms with Gasteiger partial charge in [0.05, 0.1) is 18.1 Å². The lowest BCUT2D eigenvalue weighted by atomic mass is 9.71. The number of nitrogens with one attached hydrogen (secondary N) is 1. The predicted octanol–water partition coefficient (Wildman–Crippen LogP) is 3.00. The molecule has 0 unspecified atom stereocenters. The van der Waals surface area contributed by atoms with Crippen LogP contribution in [0.25, 0.3) is 0 Å². The van der Waals surface area contributed by atoms with Crippen molar-refractivity contribution in [3.8, 4) is 5.75 Å². The smallest absolute Gasteiger partial charge is 0.337 e. The van der Waals surface area contributed by atoms with Gasteiger partial charge in [-0.2, -0.15) is 0 Å². The molecule has 1 amide bonds. The Morgan fingerprint density at radius 1 is 1.08 bits per heavy atom. The normalized spacial score (nSPS) is 18.7. The Labute approximate surface area is 153 Å². The number of hydrogen-bond acceptors (Lipinski definition) is 5. The zero-order valence-corrected chi connectivity index (χ0v) is 15.1. The van der Waals surface area contributed by atoms with E-state index in [9.17, 15) is 14.4 Å². The number of carbonyl (C=O) groups is 3. The molecule has 0 bridgehead atoms. The summed E-state index contributed by atoms with van der Waals surface area (Å²) < 4.78 is 10.2. The first-order valence-electron chi connectivity index (χ1n) is 9.22. The molecule has 3 rings (SSSR count). The SMILES string of the molecule is COC(=O)c1ccc(OC(=O)C2(CC(=O)NC3CC3)CCCCC2)cc1. The molecule has 2 aliphatic carbocycles. The molecule has 26 heavy (non-hydrogen) atoms. The van der Waals surface area contributed by atoms with Crippen molar-refractivity contribution >= 4 is 17.8 Å². The standard InChI is InChI=1S/C20H25NO5/c1-25-18(23)14-5-9-16(10-6-14)26-19(24)20(11-3-2-4-12-20)13-17(22)21-15-7-8-15/h5-6,9-10,15H,2-4,7-8,11-13H2,1H3,(H,21,22). The number of ether oxygens (including phenoxy) is 2. The summed E-state index contributed by atoms with van der Waals surface area (Å²) >= 11 is 0. The molecule has 1 N–H and O–H groups in total. The van der Waals surface area contributed by atoms with Crippen molar-refractivity contribution in [2.75, 3.05) is 7.11 Å². The maximum absolute atomic E-state index is 12.9. The van der Waals surface area contributed by atoms with E-state index in [0.29, 0.717) is 24.2 Å². The first kappa shape index (κ1) is 18.4.